The van der Waals surface area contributed by atoms with Gasteiger partial charge in [-0.1, -0.05) is 75.0 Å². The first-order chi connectivity index (χ1) is 33.8. The van der Waals surface area contributed by atoms with Gasteiger partial charge in [0.2, 0.25) is 35.2 Å². The minimum Gasteiger partial charge on any atom is -0.461 e. The van der Waals surface area contributed by atoms with Crippen LogP contribution in [0.4, 0.5) is 4.79 Å². The van der Waals surface area contributed by atoms with Crippen LogP contribution in [0.5, 0.6) is 0 Å². The minimum absolute atomic E-state index is 0.0170. The summed E-state index contributed by atoms with van der Waals surface area (Å²) in [6.07, 6.45) is 4.40. The number of likely N-dealkylation sites (N-methyl/N-ethyl adjacent to an activating group) is 1. The monoisotopic (exact) mass is 1010 g/mol. The number of carbonyl (C=O) groups excluding carboxylic acids is 8. The Morgan fingerprint density at radius 1 is 0.718 bits per heavy atom. The standard InChI is InChI=1S/C34H51N5O10S.C17H25NO3/c1-34(2,3)49-33(45)38-27(21-25-22-39(24-40)28-10-6-5-9-26(25)28)32(44)50-23-31(43)37-14-8-16-47-18-20-48-19-17-46-15-7-13-36-30(42)12-11-29(41)35-4;1-12(2)9-13(3)17(20)21-11-15-7-5-14(6-8-15)10-16(19)18-4/h5-6,9-10,22,24,27H,7-8,11-21,23H2,1-4H3,(H,35,41)(H,36,42)(H,37,43)(H,38,45);5-8,12-13H,9-11H2,1-4H3,(H,18,19). The van der Waals surface area contributed by atoms with E-state index in [0.717, 1.165) is 34.7 Å². The maximum Gasteiger partial charge on any atom is 0.408 e. The Labute approximate surface area is 422 Å². The molecule has 0 saturated heterocycles. The first-order valence-electron chi connectivity index (χ1n) is 24.0. The molecule has 20 heteroatoms. The summed E-state index contributed by atoms with van der Waals surface area (Å²) in [5.41, 5.74) is 2.47. The van der Waals surface area contributed by atoms with Crippen molar-refractivity contribution in [1.82, 2.24) is 31.2 Å². The molecular formula is C51H76N6O13S. The largest absolute Gasteiger partial charge is 0.461 e. The third-order valence-electron chi connectivity index (χ3n) is 10.1. The summed E-state index contributed by atoms with van der Waals surface area (Å²) in [4.78, 5) is 95.6. The summed E-state index contributed by atoms with van der Waals surface area (Å²) in [7, 11) is 3.15. The average Bonchev–Trinajstić information content (AvgIpc) is 3.69. The zero-order valence-corrected chi connectivity index (χ0v) is 43.5. The van der Waals surface area contributed by atoms with E-state index in [1.54, 1.807) is 46.1 Å². The number of nitrogens with zero attached hydrogens (tertiary/aromatic N) is 1. The first kappa shape index (κ1) is 61.3. The van der Waals surface area contributed by atoms with E-state index in [0.29, 0.717) is 95.4 Å². The van der Waals surface area contributed by atoms with E-state index in [4.69, 9.17) is 23.7 Å². The van der Waals surface area contributed by atoms with Gasteiger partial charge in [0.25, 0.3) is 0 Å². The number of carbonyl (C=O) groups is 8. The molecule has 0 aliphatic carbocycles. The van der Waals surface area contributed by atoms with Gasteiger partial charge in [-0.2, -0.15) is 0 Å². The Balaban J connectivity index is 0.000000684. The summed E-state index contributed by atoms with van der Waals surface area (Å²) >= 11 is 0.796. The predicted molar refractivity (Wildman–Crippen MR) is 272 cm³/mol. The van der Waals surface area contributed by atoms with Crippen LogP contribution in [0.1, 0.15) is 90.3 Å². The summed E-state index contributed by atoms with van der Waals surface area (Å²) in [5.74, 6) is -0.558. The van der Waals surface area contributed by atoms with Crippen molar-refractivity contribution >= 4 is 69.9 Å². The van der Waals surface area contributed by atoms with E-state index >= 15 is 0 Å². The Morgan fingerprint density at radius 2 is 1.28 bits per heavy atom. The van der Waals surface area contributed by atoms with E-state index in [9.17, 15) is 38.4 Å². The number of para-hydroxylation sites is 1. The van der Waals surface area contributed by atoms with E-state index in [2.05, 4.69) is 40.4 Å². The highest BCUT2D eigenvalue weighted by atomic mass is 32.2. The maximum atomic E-state index is 13.2. The number of hydrogen-bond acceptors (Lipinski definition) is 14. The van der Waals surface area contributed by atoms with Crippen molar-refractivity contribution < 1.29 is 62.0 Å². The lowest BCUT2D eigenvalue weighted by Crippen LogP contribution is -2.44. The molecule has 2 aromatic carbocycles. The van der Waals surface area contributed by atoms with Crippen LogP contribution in [0.3, 0.4) is 0 Å². The van der Waals surface area contributed by atoms with Gasteiger partial charge in [-0.3, -0.25) is 38.1 Å². The van der Waals surface area contributed by atoms with Gasteiger partial charge in [-0.25, -0.2) is 4.79 Å². The molecule has 2 unspecified atom stereocenters. The van der Waals surface area contributed by atoms with E-state index < -0.39 is 22.9 Å². The highest BCUT2D eigenvalue weighted by Crippen LogP contribution is 2.23. The van der Waals surface area contributed by atoms with Gasteiger partial charge in [0, 0.05) is 71.2 Å². The molecule has 3 aromatic rings. The molecule has 19 nitrogen and oxygen atoms in total. The maximum absolute atomic E-state index is 13.2. The fourth-order valence-electron chi connectivity index (χ4n) is 6.59. The summed E-state index contributed by atoms with van der Waals surface area (Å²) < 4.78 is 28.5. The van der Waals surface area contributed by atoms with Crippen molar-refractivity contribution in [2.24, 2.45) is 11.8 Å². The van der Waals surface area contributed by atoms with Crippen molar-refractivity contribution in [3.63, 3.8) is 0 Å². The topological polar surface area (TPSA) is 248 Å². The van der Waals surface area contributed by atoms with Gasteiger partial charge < -0.3 is 50.3 Å². The number of fused-ring (bicyclic) bond motifs is 1. The van der Waals surface area contributed by atoms with Crippen molar-refractivity contribution in [1.29, 1.82) is 0 Å². The van der Waals surface area contributed by atoms with Crippen LogP contribution in [-0.2, 0) is 76.7 Å². The number of hydrogen-bond donors (Lipinski definition) is 5. The number of amides is 5. The second-order valence-electron chi connectivity index (χ2n) is 17.9. The van der Waals surface area contributed by atoms with E-state index in [1.165, 1.54) is 11.6 Å². The molecule has 2 atom stereocenters. The molecule has 0 spiro atoms. The molecule has 1 aromatic heterocycles. The molecule has 71 heavy (non-hydrogen) atoms. The van der Waals surface area contributed by atoms with Crippen LogP contribution in [0.2, 0.25) is 0 Å². The quantitative estimate of drug-likeness (QED) is 0.0334. The minimum atomic E-state index is -0.997. The third kappa shape index (κ3) is 27.4. The second kappa shape index (κ2) is 34.5. The third-order valence-corrected chi connectivity index (χ3v) is 11.1. The lowest BCUT2D eigenvalue weighted by molar-refractivity contribution is -0.149. The zero-order valence-electron chi connectivity index (χ0n) is 42.7. The Morgan fingerprint density at radius 3 is 1.86 bits per heavy atom. The van der Waals surface area contributed by atoms with Crippen LogP contribution in [0, 0.1) is 11.8 Å². The molecule has 3 rings (SSSR count). The number of nitrogens with one attached hydrogen (secondary N) is 5. The molecule has 1 heterocycles. The molecule has 0 aliphatic rings. The van der Waals surface area contributed by atoms with E-state index in [-0.39, 0.29) is 67.1 Å². The van der Waals surface area contributed by atoms with Gasteiger partial charge in [-0.05, 0) is 68.7 Å². The van der Waals surface area contributed by atoms with Crippen LogP contribution >= 0.6 is 11.8 Å². The number of alkyl carbamates (subject to hydrolysis) is 1. The van der Waals surface area contributed by atoms with Crippen molar-refractivity contribution in [3.05, 3.63) is 71.4 Å². The summed E-state index contributed by atoms with van der Waals surface area (Å²) in [6, 6.07) is 13.8. The molecule has 5 amide bonds. The zero-order chi connectivity index (χ0) is 52.6. The van der Waals surface area contributed by atoms with Gasteiger partial charge in [-0.15, -0.1) is 0 Å². The highest BCUT2D eigenvalue weighted by molar-refractivity contribution is 8.14. The van der Waals surface area contributed by atoms with Gasteiger partial charge in [0.15, 0.2) is 0 Å². The van der Waals surface area contributed by atoms with Gasteiger partial charge in [0.1, 0.15) is 18.2 Å². The molecule has 0 saturated carbocycles. The van der Waals surface area contributed by atoms with Gasteiger partial charge in [0.05, 0.1) is 50.0 Å². The Hall–Kier alpha value is -5.83. The molecule has 0 bridgehead atoms. The molecule has 0 radical (unpaired) electrons. The Kier molecular flexibility index (Phi) is 29.8. The lowest BCUT2D eigenvalue weighted by atomic mass is 9.99. The van der Waals surface area contributed by atoms with Crippen LogP contribution in [0.25, 0.3) is 10.9 Å². The molecule has 394 valence electrons. The van der Waals surface area contributed by atoms with Crippen molar-refractivity contribution in [2.45, 2.75) is 105 Å². The summed E-state index contributed by atoms with van der Waals surface area (Å²) in [5, 5.41) is 13.5. The average molecular weight is 1010 g/mol. The smallest absolute Gasteiger partial charge is 0.408 e. The van der Waals surface area contributed by atoms with Crippen LogP contribution in [-0.4, -0.2) is 136 Å². The molecule has 5 N–H and O–H groups in total. The van der Waals surface area contributed by atoms with Crippen molar-refractivity contribution in [2.75, 3.05) is 72.6 Å². The highest BCUT2D eigenvalue weighted by Gasteiger charge is 2.27. The molecule has 0 fully saturated rings. The SMILES string of the molecule is CNC(=O)CCC(=O)NCCCOCCOCCOCCCNC(=O)CSC(=O)C(Cc1cn(C=O)c2ccccc12)NC(=O)OC(C)(C)C.CNC(=O)Cc1ccc(COC(=O)C(C)CC(C)C)cc1. The molecular weight excluding hydrogens is 937 g/mol. The normalized spacial score (nSPS) is 11.9. The predicted octanol–water partition coefficient (Wildman–Crippen LogP) is 4.66. The number of benzene rings is 2. The van der Waals surface area contributed by atoms with Crippen LogP contribution in [0.15, 0.2) is 54.7 Å². The number of ether oxygens (including phenoxy) is 5. The number of rotatable bonds is 31. The first-order valence-corrected chi connectivity index (χ1v) is 25.0. The Bertz CT molecular complexity index is 2120. The second-order valence-corrected chi connectivity index (χ2v) is 18.9. The summed E-state index contributed by atoms with van der Waals surface area (Å²) in [6.45, 7) is 14.8. The number of esters is 1. The molecule has 0 aliphatic heterocycles. The fraction of sp³-hybridized carbons (Fsp3) is 0.569. The van der Waals surface area contributed by atoms with Crippen LogP contribution < -0.4 is 26.6 Å². The van der Waals surface area contributed by atoms with Gasteiger partial charge >= 0.3 is 12.1 Å². The number of aromatic nitrogens is 1. The lowest BCUT2D eigenvalue weighted by Gasteiger charge is -2.23. The fourth-order valence-corrected chi connectivity index (χ4v) is 7.31. The number of thioether (sulfide) groups is 1. The van der Waals surface area contributed by atoms with Crippen molar-refractivity contribution in [3.8, 4) is 0 Å². The van der Waals surface area contributed by atoms with E-state index in [1.807, 2.05) is 43.3 Å².